The van der Waals surface area contributed by atoms with Crippen molar-refractivity contribution >= 4 is 11.4 Å². The Balaban J connectivity index is 2.23. The Labute approximate surface area is 105 Å². The first-order chi connectivity index (χ1) is 8.63. The molecule has 18 heavy (non-hydrogen) atoms. The van der Waals surface area contributed by atoms with Gasteiger partial charge in [-0.3, -0.25) is 10.1 Å². The van der Waals surface area contributed by atoms with Crippen LogP contribution in [0.15, 0.2) is 18.2 Å². The van der Waals surface area contributed by atoms with Crippen molar-refractivity contribution in [2.24, 2.45) is 5.73 Å². The Morgan fingerprint density at radius 1 is 1.61 bits per heavy atom. The molecule has 1 aliphatic rings. The maximum atomic E-state index is 11.1. The number of nitrogens with zero attached hydrogens (tertiary/aromatic N) is 1. The number of ether oxygens (including phenoxy) is 1. The monoisotopic (exact) mass is 251 g/mol. The molecular weight excluding hydrogens is 234 g/mol. The maximum Gasteiger partial charge on any atom is 0.333 e. The summed E-state index contributed by atoms with van der Waals surface area (Å²) in [5.74, 6) is 0.307. The zero-order valence-corrected chi connectivity index (χ0v) is 10.3. The molecule has 3 N–H and O–H groups in total. The molecule has 1 saturated carbocycles. The van der Waals surface area contributed by atoms with E-state index >= 15 is 0 Å². The average Bonchev–Trinajstić information content (AvgIpc) is 3.02. The molecule has 2 rings (SSSR count). The summed E-state index contributed by atoms with van der Waals surface area (Å²) in [5, 5.41) is 14.2. The van der Waals surface area contributed by atoms with Crippen molar-refractivity contribution in [1.29, 1.82) is 0 Å². The first-order valence-corrected chi connectivity index (χ1v) is 6.05. The fourth-order valence-corrected chi connectivity index (χ4v) is 1.74. The highest BCUT2D eigenvalue weighted by Gasteiger charge is 2.35. The third-order valence-corrected chi connectivity index (χ3v) is 2.82. The quantitative estimate of drug-likeness (QED) is 0.595. The Hall–Kier alpha value is -1.82. The lowest BCUT2D eigenvalue weighted by Crippen LogP contribution is -2.14. The number of hydrogen-bond donors (Lipinski definition) is 2. The summed E-state index contributed by atoms with van der Waals surface area (Å²) < 4.78 is 5.40. The highest BCUT2D eigenvalue weighted by atomic mass is 16.6. The molecule has 1 aliphatic carbocycles. The van der Waals surface area contributed by atoms with Gasteiger partial charge in [-0.25, -0.2) is 0 Å². The predicted octanol–water partition coefficient (Wildman–Crippen LogP) is 1.90. The Morgan fingerprint density at radius 2 is 2.33 bits per heavy atom. The number of hydrogen-bond acceptors (Lipinski definition) is 5. The smallest absolute Gasteiger partial charge is 0.333 e. The molecular formula is C12H17N3O3. The summed E-state index contributed by atoms with van der Waals surface area (Å²) in [6.07, 6.45) is 1.65. The average molecular weight is 251 g/mol. The second-order valence-electron chi connectivity index (χ2n) is 4.41. The molecule has 1 aromatic carbocycles. The van der Waals surface area contributed by atoms with Gasteiger partial charge in [-0.05, 0) is 25.0 Å². The Morgan fingerprint density at radius 3 is 2.89 bits per heavy atom. The van der Waals surface area contributed by atoms with Gasteiger partial charge in [0.1, 0.15) is 5.69 Å². The van der Waals surface area contributed by atoms with Crippen LogP contribution in [0.25, 0.3) is 0 Å². The van der Waals surface area contributed by atoms with Crippen LogP contribution in [0.1, 0.15) is 19.8 Å². The normalized spacial score (nSPS) is 21.4. The number of nitro benzene ring substituents is 1. The number of rotatable bonds is 6. The van der Waals surface area contributed by atoms with Gasteiger partial charge < -0.3 is 15.8 Å². The number of anilines is 1. The van der Waals surface area contributed by atoms with Crippen LogP contribution in [0.5, 0.6) is 5.75 Å². The van der Waals surface area contributed by atoms with Gasteiger partial charge in [0.2, 0.25) is 0 Å². The first kappa shape index (κ1) is 12.6. The standard InChI is InChI=1S/C12H17N3O3/c1-2-6-18-11-5-3-4-9(12(11)15(16)17)14-10-7-8(10)13/h3-5,8,10,14H,2,6-7,13H2,1H3. The minimum atomic E-state index is -0.415. The van der Waals surface area contributed by atoms with Crippen LogP contribution in [-0.4, -0.2) is 23.6 Å². The van der Waals surface area contributed by atoms with Gasteiger partial charge in [0.25, 0.3) is 0 Å². The molecule has 98 valence electrons. The first-order valence-electron chi connectivity index (χ1n) is 6.05. The predicted molar refractivity (Wildman–Crippen MR) is 68.9 cm³/mol. The fraction of sp³-hybridized carbons (Fsp3) is 0.500. The van der Waals surface area contributed by atoms with Gasteiger partial charge in [0.15, 0.2) is 5.75 Å². The molecule has 6 heteroatoms. The van der Waals surface area contributed by atoms with Crippen molar-refractivity contribution < 1.29 is 9.66 Å². The Bertz CT molecular complexity index is 450. The molecule has 0 bridgehead atoms. The second-order valence-corrected chi connectivity index (χ2v) is 4.41. The van der Waals surface area contributed by atoms with Gasteiger partial charge in [-0.1, -0.05) is 13.0 Å². The third-order valence-electron chi connectivity index (χ3n) is 2.82. The van der Waals surface area contributed by atoms with E-state index in [-0.39, 0.29) is 17.8 Å². The van der Waals surface area contributed by atoms with Crippen LogP contribution in [0.2, 0.25) is 0 Å². The maximum absolute atomic E-state index is 11.1. The fourth-order valence-electron chi connectivity index (χ4n) is 1.74. The third kappa shape index (κ3) is 2.70. The van der Waals surface area contributed by atoms with Gasteiger partial charge in [-0.15, -0.1) is 0 Å². The van der Waals surface area contributed by atoms with Crippen LogP contribution in [0.3, 0.4) is 0 Å². The second kappa shape index (κ2) is 5.22. The van der Waals surface area contributed by atoms with Crippen LogP contribution in [0.4, 0.5) is 11.4 Å². The molecule has 6 nitrogen and oxygen atoms in total. The van der Waals surface area contributed by atoms with Crippen molar-refractivity contribution in [1.82, 2.24) is 0 Å². The van der Waals surface area contributed by atoms with Crippen molar-refractivity contribution in [3.05, 3.63) is 28.3 Å². The van der Waals surface area contributed by atoms with Gasteiger partial charge in [0, 0.05) is 12.1 Å². The molecule has 0 aromatic heterocycles. The summed E-state index contributed by atoms with van der Waals surface area (Å²) >= 11 is 0. The van der Waals surface area contributed by atoms with Gasteiger partial charge in [-0.2, -0.15) is 0 Å². The van der Waals surface area contributed by atoms with E-state index < -0.39 is 4.92 Å². The summed E-state index contributed by atoms with van der Waals surface area (Å²) in [6, 6.07) is 5.26. The topological polar surface area (TPSA) is 90.4 Å². The summed E-state index contributed by atoms with van der Waals surface area (Å²) in [6.45, 7) is 2.42. The largest absolute Gasteiger partial charge is 0.487 e. The van der Waals surface area contributed by atoms with Crippen LogP contribution >= 0.6 is 0 Å². The number of nitro groups is 1. The zero-order valence-electron chi connectivity index (χ0n) is 10.3. The van der Waals surface area contributed by atoms with E-state index in [1.807, 2.05) is 6.92 Å². The van der Waals surface area contributed by atoms with Gasteiger partial charge >= 0.3 is 5.69 Å². The lowest BCUT2D eigenvalue weighted by atomic mass is 10.2. The molecule has 0 spiro atoms. The molecule has 0 aliphatic heterocycles. The summed E-state index contributed by atoms with van der Waals surface area (Å²) in [7, 11) is 0. The highest BCUT2D eigenvalue weighted by Crippen LogP contribution is 2.37. The summed E-state index contributed by atoms with van der Waals surface area (Å²) in [5.41, 5.74) is 6.16. The Kier molecular flexibility index (Phi) is 3.66. The van der Waals surface area contributed by atoms with Crippen molar-refractivity contribution in [3.8, 4) is 5.75 Å². The number of nitrogens with two attached hydrogens (primary N) is 1. The minimum absolute atomic E-state index is 0.00921. The SMILES string of the molecule is CCCOc1cccc(NC2CC2N)c1[N+](=O)[O-]. The summed E-state index contributed by atoms with van der Waals surface area (Å²) in [4.78, 5) is 10.7. The molecule has 0 saturated heterocycles. The van der Waals surface area contributed by atoms with Gasteiger partial charge in [0.05, 0.1) is 11.5 Å². The minimum Gasteiger partial charge on any atom is -0.487 e. The van der Waals surface area contributed by atoms with Crippen LogP contribution < -0.4 is 15.8 Å². The number of benzene rings is 1. The van der Waals surface area contributed by atoms with E-state index in [2.05, 4.69) is 5.32 Å². The number of para-hydroxylation sites is 1. The molecule has 2 unspecified atom stereocenters. The van der Waals surface area contributed by atoms with E-state index in [1.54, 1.807) is 18.2 Å². The molecule has 1 fully saturated rings. The van der Waals surface area contributed by atoms with Crippen molar-refractivity contribution in [3.63, 3.8) is 0 Å². The lowest BCUT2D eigenvalue weighted by Gasteiger charge is -2.10. The highest BCUT2D eigenvalue weighted by molar-refractivity contribution is 5.69. The van der Waals surface area contributed by atoms with Crippen molar-refractivity contribution in [2.45, 2.75) is 31.8 Å². The lowest BCUT2D eigenvalue weighted by molar-refractivity contribution is -0.385. The molecule has 0 radical (unpaired) electrons. The van der Waals surface area contributed by atoms with E-state index in [0.29, 0.717) is 18.0 Å². The van der Waals surface area contributed by atoms with E-state index in [4.69, 9.17) is 10.5 Å². The number of nitrogens with one attached hydrogen (secondary N) is 1. The zero-order chi connectivity index (χ0) is 13.1. The van der Waals surface area contributed by atoms with E-state index in [1.165, 1.54) is 0 Å². The van der Waals surface area contributed by atoms with E-state index in [9.17, 15) is 10.1 Å². The van der Waals surface area contributed by atoms with Crippen molar-refractivity contribution in [2.75, 3.05) is 11.9 Å². The van der Waals surface area contributed by atoms with Crippen LogP contribution in [-0.2, 0) is 0 Å². The molecule has 0 heterocycles. The van der Waals surface area contributed by atoms with Crippen LogP contribution in [0, 0.1) is 10.1 Å². The molecule has 1 aromatic rings. The molecule has 2 atom stereocenters. The van der Waals surface area contributed by atoms with E-state index in [0.717, 1.165) is 12.8 Å². The molecule has 0 amide bonds.